The highest BCUT2D eigenvalue weighted by Crippen LogP contribution is 2.35. The molecule has 2 aliphatic heterocycles. The third-order valence-electron chi connectivity index (χ3n) is 4.84. The Labute approximate surface area is 139 Å². The normalized spacial score (nSPS) is 23.7. The molecule has 24 heavy (non-hydrogen) atoms. The first kappa shape index (κ1) is 14.9. The van der Waals surface area contributed by atoms with E-state index in [-0.39, 0.29) is 23.9 Å². The van der Waals surface area contributed by atoms with Crippen LogP contribution in [-0.4, -0.2) is 50.3 Å². The maximum atomic E-state index is 12.7. The summed E-state index contributed by atoms with van der Waals surface area (Å²) in [5.74, 6) is 0.584. The van der Waals surface area contributed by atoms with E-state index < -0.39 is 0 Å². The van der Waals surface area contributed by atoms with Crippen molar-refractivity contribution in [2.24, 2.45) is 7.05 Å². The third-order valence-corrected chi connectivity index (χ3v) is 4.84. The fourth-order valence-corrected chi connectivity index (χ4v) is 3.80. The Morgan fingerprint density at radius 3 is 2.83 bits per heavy atom. The van der Waals surface area contributed by atoms with Crippen molar-refractivity contribution in [3.63, 3.8) is 0 Å². The molecule has 0 unspecified atom stereocenters. The minimum atomic E-state index is -0.125. The summed E-state index contributed by atoms with van der Waals surface area (Å²) in [6.45, 7) is 2.38. The molecule has 2 aliphatic rings. The van der Waals surface area contributed by atoms with Gasteiger partial charge in [0.1, 0.15) is 5.76 Å². The molecule has 2 atom stereocenters. The van der Waals surface area contributed by atoms with Crippen LogP contribution in [0.3, 0.4) is 0 Å². The molecule has 2 aromatic rings. The second-order valence-electron chi connectivity index (χ2n) is 6.42. The van der Waals surface area contributed by atoms with Gasteiger partial charge in [0.15, 0.2) is 5.69 Å². The highest BCUT2D eigenvalue weighted by molar-refractivity contribution is 5.96. The zero-order valence-electron chi connectivity index (χ0n) is 13.7. The quantitative estimate of drug-likeness (QED) is 0.824. The summed E-state index contributed by atoms with van der Waals surface area (Å²) in [5, 5.41) is 8.00. The summed E-state index contributed by atoms with van der Waals surface area (Å²) in [6, 6.07) is 1.66. The summed E-state index contributed by atoms with van der Waals surface area (Å²) < 4.78 is 6.70. The Kier molecular flexibility index (Phi) is 3.40. The number of rotatable bonds is 2. The van der Waals surface area contributed by atoms with Crippen molar-refractivity contribution < 1.29 is 14.1 Å². The number of likely N-dealkylation sites (tertiary alicyclic amines) is 1. The number of nitrogens with zero attached hydrogens (tertiary/aromatic N) is 5. The van der Waals surface area contributed by atoms with E-state index in [1.165, 1.54) is 0 Å². The van der Waals surface area contributed by atoms with Gasteiger partial charge in [0, 0.05) is 32.3 Å². The van der Waals surface area contributed by atoms with Crippen LogP contribution in [-0.2, 0) is 11.8 Å². The molecule has 0 saturated carbocycles. The molecular weight excluding hydrogens is 310 g/mol. The molecule has 4 heterocycles. The van der Waals surface area contributed by atoms with Gasteiger partial charge in [0.2, 0.25) is 5.91 Å². The van der Waals surface area contributed by atoms with Gasteiger partial charge in [0.25, 0.3) is 5.91 Å². The number of aryl methyl sites for hydroxylation is 2. The molecule has 4 rings (SSSR count). The van der Waals surface area contributed by atoms with Crippen molar-refractivity contribution in [2.45, 2.75) is 38.3 Å². The largest absolute Gasteiger partial charge is 0.361 e. The molecule has 2 saturated heterocycles. The van der Waals surface area contributed by atoms with E-state index in [9.17, 15) is 9.59 Å². The lowest BCUT2D eigenvalue weighted by Gasteiger charge is -2.38. The molecule has 0 aliphatic carbocycles. The number of amides is 2. The number of fused-ring (bicyclic) bond motifs is 1. The van der Waals surface area contributed by atoms with Crippen LogP contribution in [0.5, 0.6) is 0 Å². The summed E-state index contributed by atoms with van der Waals surface area (Å²) in [4.78, 5) is 28.8. The lowest BCUT2D eigenvalue weighted by atomic mass is 9.95. The van der Waals surface area contributed by atoms with Gasteiger partial charge in [-0.2, -0.15) is 5.10 Å². The molecule has 8 nitrogen and oxygen atoms in total. The highest BCUT2D eigenvalue weighted by Gasteiger charge is 2.46. The lowest BCUT2D eigenvalue weighted by molar-refractivity contribution is -0.120. The number of hydrogen-bond acceptors (Lipinski definition) is 5. The van der Waals surface area contributed by atoms with Gasteiger partial charge >= 0.3 is 0 Å². The number of carbonyl (C=O) groups excluding carboxylic acids is 2. The van der Waals surface area contributed by atoms with E-state index in [2.05, 4.69) is 10.3 Å². The molecule has 8 heteroatoms. The van der Waals surface area contributed by atoms with Crippen molar-refractivity contribution in [3.05, 3.63) is 29.9 Å². The third kappa shape index (κ3) is 2.29. The van der Waals surface area contributed by atoms with E-state index in [1.807, 2.05) is 23.0 Å². The van der Waals surface area contributed by atoms with E-state index in [0.717, 1.165) is 12.1 Å². The molecule has 2 amide bonds. The smallest absolute Gasteiger partial charge is 0.276 e. The number of anilines is 1. The molecule has 0 bridgehead atoms. The summed E-state index contributed by atoms with van der Waals surface area (Å²) in [7, 11) is 1.83. The summed E-state index contributed by atoms with van der Waals surface area (Å²) in [5.41, 5.74) is 1.13. The zero-order valence-corrected chi connectivity index (χ0v) is 13.7. The van der Waals surface area contributed by atoms with Gasteiger partial charge in [-0.3, -0.25) is 14.3 Å². The molecule has 0 radical (unpaired) electrons. The number of hydrogen-bond donors (Lipinski definition) is 0. The number of piperidine rings is 1. The second kappa shape index (κ2) is 5.47. The summed E-state index contributed by atoms with van der Waals surface area (Å²) in [6.07, 6.45) is 5.41. The van der Waals surface area contributed by atoms with Gasteiger partial charge in [-0.25, -0.2) is 0 Å². The van der Waals surface area contributed by atoms with Gasteiger partial charge in [-0.1, -0.05) is 5.16 Å². The average molecular weight is 329 g/mol. The monoisotopic (exact) mass is 329 g/mol. The number of aromatic nitrogens is 3. The molecule has 2 aromatic heterocycles. The predicted octanol–water partition coefficient (Wildman–Crippen LogP) is 1.13. The van der Waals surface area contributed by atoms with Crippen molar-refractivity contribution in [1.29, 1.82) is 0 Å². The van der Waals surface area contributed by atoms with Crippen LogP contribution in [0.15, 0.2) is 23.0 Å². The minimum absolute atomic E-state index is 0.00686. The van der Waals surface area contributed by atoms with E-state index >= 15 is 0 Å². The van der Waals surface area contributed by atoms with Gasteiger partial charge < -0.3 is 14.3 Å². The van der Waals surface area contributed by atoms with Crippen molar-refractivity contribution in [2.75, 3.05) is 11.4 Å². The Bertz CT molecular complexity index is 795. The molecule has 126 valence electrons. The zero-order chi connectivity index (χ0) is 16.8. The van der Waals surface area contributed by atoms with Crippen molar-refractivity contribution in [1.82, 2.24) is 19.8 Å². The Balaban J connectivity index is 1.60. The van der Waals surface area contributed by atoms with Crippen LogP contribution in [0, 0.1) is 6.92 Å². The highest BCUT2D eigenvalue weighted by atomic mass is 16.5. The topological polar surface area (TPSA) is 84.5 Å². The molecule has 0 aromatic carbocycles. The fourth-order valence-electron chi connectivity index (χ4n) is 3.80. The van der Waals surface area contributed by atoms with Crippen LogP contribution >= 0.6 is 0 Å². The summed E-state index contributed by atoms with van der Waals surface area (Å²) >= 11 is 0. The van der Waals surface area contributed by atoms with Crippen LogP contribution in [0.4, 0.5) is 5.69 Å². The minimum Gasteiger partial charge on any atom is -0.361 e. The molecular formula is C16H19N5O3. The average Bonchev–Trinajstić information content (AvgIpc) is 3.26. The first-order chi connectivity index (χ1) is 11.5. The van der Waals surface area contributed by atoms with Crippen LogP contribution < -0.4 is 4.90 Å². The van der Waals surface area contributed by atoms with Crippen molar-refractivity contribution in [3.8, 4) is 0 Å². The van der Waals surface area contributed by atoms with Crippen LogP contribution in [0.2, 0.25) is 0 Å². The van der Waals surface area contributed by atoms with Crippen molar-refractivity contribution >= 4 is 17.5 Å². The fraction of sp³-hybridized carbons (Fsp3) is 0.500. The molecule has 2 fully saturated rings. The molecule has 0 N–H and O–H groups in total. The SMILES string of the molecule is Cc1cc(C(=O)N2CC[C@H]3[C@@H]2CCC(=O)N3c2cnn(C)c2)no1. The standard InChI is InChI=1S/C16H19N5O3/c1-10-7-12(18-24-10)16(23)20-6-5-14-13(20)3-4-15(22)21(14)11-8-17-19(2)9-11/h7-9,13-14H,3-6H2,1-2H3/t13-,14-/m0/s1. The van der Waals surface area contributed by atoms with Gasteiger partial charge in [0.05, 0.1) is 24.0 Å². The lowest BCUT2D eigenvalue weighted by Crippen LogP contribution is -2.53. The van der Waals surface area contributed by atoms with E-state index in [0.29, 0.717) is 30.8 Å². The van der Waals surface area contributed by atoms with Crippen LogP contribution in [0.25, 0.3) is 0 Å². The van der Waals surface area contributed by atoms with Crippen LogP contribution in [0.1, 0.15) is 35.5 Å². The van der Waals surface area contributed by atoms with E-state index in [1.54, 1.807) is 23.9 Å². The first-order valence-electron chi connectivity index (χ1n) is 8.09. The number of carbonyl (C=O) groups is 2. The maximum Gasteiger partial charge on any atom is 0.276 e. The first-order valence-corrected chi connectivity index (χ1v) is 8.09. The molecule has 0 spiro atoms. The van der Waals surface area contributed by atoms with Gasteiger partial charge in [-0.15, -0.1) is 0 Å². The maximum absolute atomic E-state index is 12.7. The Morgan fingerprint density at radius 2 is 2.17 bits per heavy atom. The predicted molar refractivity (Wildman–Crippen MR) is 84.4 cm³/mol. The Hall–Kier alpha value is -2.64. The second-order valence-corrected chi connectivity index (χ2v) is 6.42. The van der Waals surface area contributed by atoms with E-state index in [4.69, 9.17) is 4.52 Å². The Morgan fingerprint density at radius 1 is 1.33 bits per heavy atom. The van der Waals surface area contributed by atoms with Gasteiger partial charge in [-0.05, 0) is 19.8 Å².